The number of benzene rings is 2. The Labute approximate surface area is 238 Å². The Morgan fingerprint density at radius 1 is 1.15 bits per heavy atom. The minimum Gasteiger partial charge on any atom is -0.494 e. The molecule has 3 aromatic rings. The number of amides is 2. The van der Waals surface area contributed by atoms with Gasteiger partial charge < -0.3 is 40.9 Å². The average Bonchev–Trinajstić information content (AvgIpc) is 3.22. The van der Waals surface area contributed by atoms with E-state index in [1.807, 2.05) is 50.3 Å². The molecule has 5 N–H and O–H groups in total. The van der Waals surface area contributed by atoms with Crippen LogP contribution in [0, 0.1) is 0 Å². The quantitative estimate of drug-likeness (QED) is 0.240. The Hall–Kier alpha value is -4.88. The molecule has 0 bridgehead atoms. The number of hydrogen-bond acceptors (Lipinski definition) is 11. The van der Waals surface area contributed by atoms with E-state index in [1.54, 1.807) is 36.4 Å². The standard InChI is InChI=1S/C28H35N9O4/c1-6-26(39)31-18-15-19(23(41-5)16-22(18)35(4)14-13-34(2)3)32-27-30-12-11-25(33-27)37-21-10-8-7-9-20(21)36(28(37)40)17-24(29)38/h6-12,15-16,28,40H,1,13-14,17H2,2-5H3,(H2,29,38)(H,31,39)(H,30,32,33). The van der Waals surface area contributed by atoms with Crippen LogP contribution in [-0.2, 0) is 9.59 Å². The SMILES string of the molecule is C=CC(=O)Nc1cc(Nc2nccc(N3c4ccccc4N(CC(N)=O)C3O)n2)c(OC)cc1N(C)CCN(C)C. The van der Waals surface area contributed by atoms with Gasteiger partial charge >= 0.3 is 0 Å². The number of hydrogen-bond donors (Lipinski definition) is 4. The zero-order chi connectivity index (χ0) is 29.7. The van der Waals surface area contributed by atoms with Crippen molar-refractivity contribution in [2.45, 2.75) is 6.35 Å². The Bertz CT molecular complexity index is 1430. The molecule has 13 nitrogen and oxygen atoms in total. The van der Waals surface area contributed by atoms with Crippen molar-refractivity contribution in [1.82, 2.24) is 14.9 Å². The summed E-state index contributed by atoms with van der Waals surface area (Å²) in [5, 5.41) is 17.2. The molecule has 4 rings (SSSR count). The van der Waals surface area contributed by atoms with E-state index in [0.717, 1.165) is 12.2 Å². The molecule has 2 amide bonds. The summed E-state index contributed by atoms with van der Waals surface area (Å²) in [6, 6.07) is 12.5. The van der Waals surface area contributed by atoms with Crippen molar-refractivity contribution in [2.24, 2.45) is 5.73 Å². The van der Waals surface area contributed by atoms with Gasteiger partial charge in [0.25, 0.3) is 0 Å². The fourth-order valence-corrected chi connectivity index (χ4v) is 4.45. The van der Waals surface area contributed by atoms with Gasteiger partial charge in [-0.15, -0.1) is 0 Å². The molecule has 0 saturated heterocycles. The molecular weight excluding hydrogens is 526 g/mol. The molecule has 1 unspecified atom stereocenters. The van der Waals surface area contributed by atoms with Gasteiger partial charge in [-0.3, -0.25) is 14.5 Å². The number of ether oxygens (including phenoxy) is 1. The molecule has 2 heterocycles. The molecule has 0 spiro atoms. The smallest absolute Gasteiger partial charge is 0.247 e. The van der Waals surface area contributed by atoms with Gasteiger partial charge in [0.1, 0.15) is 18.1 Å². The molecule has 1 aliphatic heterocycles. The number of para-hydroxylation sites is 2. The number of nitrogens with zero attached hydrogens (tertiary/aromatic N) is 6. The Morgan fingerprint density at radius 2 is 1.88 bits per heavy atom. The first-order valence-corrected chi connectivity index (χ1v) is 12.9. The molecule has 216 valence electrons. The third-order valence-corrected chi connectivity index (χ3v) is 6.48. The molecule has 41 heavy (non-hydrogen) atoms. The lowest BCUT2D eigenvalue weighted by atomic mass is 10.2. The number of aliphatic hydroxyl groups is 1. The number of carbonyl (C=O) groups is 2. The number of primary amides is 1. The number of methoxy groups -OCH3 is 1. The topological polar surface area (TPSA) is 152 Å². The molecule has 0 radical (unpaired) electrons. The summed E-state index contributed by atoms with van der Waals surface area (Å²) in [6.45, 7) is 4.90. The van der Waals surface area contributed by atoms with Crippen LogP contribution in [0.3, 0.4) is 0 Å². The number of likely N-dealkylation sites (N-methyl/N-ethyl adjacent to an activating group) is 2. The first-order chi connectivity index (χ1) is 19.6. The minimum atomic E-state index is -1.21. The first-order valence-electron chi connectivity index (χ1n) is 12.9. The largest absolute Gasteiger partial charge is 0.494 e. The Balaban J connectivity index is 1.69. The molecule has 1 aromatic heterocycles. The number of anilines is 7. The summed E-state index contributed by atoms with van der Waals surface area (Å²) in [5.74, 6) is 0.167. The van der Waals surface area contributed by atoms with Crippen molar-refractivity contribution in [3.8, 4) is 5.75 Å². The molecule has 1 atom stereocenters. The molecular formula is C28H35N9O4. The van der Waals surface area contributed by atoms with E-state index in [-0.39, 0.29) is 18.4 Å². The monoisotopic (exact) mass is 561 g/mol. The zero-order valence-corrected chi connectivity index (χ0v) is 23.5. The first kappa shape index (κ1) is 29.1. The van der Waals surface area contributed by atoms with Crippen molar-refractivity contribution >= 4 is 52.0 Å². The highest BCUT2D eigenvalue weighted by atomic mass is 16.5. The fraction of sp³-hybridized carbons (Fsp3) is 0.286. The second-order valence-corrected chi connectivity index (χ2v) is 9.65. The summed E-state index contributed by atoms with van der Waals surface area (Å²) in [7, 11) is 7.46. The van der Waals surface area contributed by atoms with Crippen LogP contribution in [0.4, 0.5) is 40.2 Å². The van der Waals surface area contributed by atoms with Gasteiger partial charge in [-0.2, -0.15) is 4.98 Å². The maximum atomic E-state index is 12.3. The van der Waals surface area contributed by atoms with Crippen molar-refractivity contribution in [3.63, 3.8) is 0 Å². The number of aliphatic hydroxyl groups excluding tert-OH is 1. The average molecular weight is 562 g/mol. The van der Waals surface area contributed by atoms with Crippen LogP contribution in [-0.4, -0.2) is 86.0 Å². The molecule has 1 aliphatic rings. The second kappa shape index (κ2) is 12.5. The van der Waals surface area contributed by atoms with Crippen LogP contribution in [0.5, 0.6) is 5.75 Å². The van der Waals surface area contributed by atoms with Crippen LogP contribution < -0.4 is 35.8 Å². The molecule has 2 aromatic carbocycles. The summed E-state index contributed by atoms with van der Waals surface area (Å²) >= 11 is 0. The summed E-state index contributed by atoms with van der Waals surface area (Å²) in [6.07, 6.45) is 1.54. The van der Waals surface area contributed by atoms with Gasteiger partial charge in [-0.25, -0.2) is 4.98 Å². The van der Waals surface area contributed by atoms with Crippen LogP contribution in [0.15, 0.2) is 61.3 Å². The van der Waals surface area contributed by atoms with E-state index >= 15 is 0 Å². The van der Waals surface area contributed by atoms with E-state index in [1.165, 1.54) is 11.0 Å². The minimum absolute atomic E-state index is 0.170. The lowest BCUT2D eigenvalue weighted by Gasteiger charge is -2.27. The normalized spacial score (nSPS) is 14.0. The summed E-state index contributed by atoms with van der Waals surface area (Å²) in [4.78, 5) is 40.1. The molecule has 0 fully saturated rings. The second-order valence-electron chi connectivity index (χ2n) is 9.65. The van der Waals surface area contributed by atoms with Crippen LogP contribution in [0.2, 0.25) is 0 Å². The van der Waals surface area contributed by atoms with E-state index in [9.17, 15) is 14.7 Å². The van der Waals surface area contributed by atoms with Crippen LogP contribution in [0.1, 0.15) is 0 Å². The van der Waals surface area contributed by atoms with Crippen LogP contribution in [0.25, 0.3) is 0 Å². The maximum Gasteiger partial charge on any atom is 0.247 e. The van der Waals surface area contributed by atoms with E-state index in [0.29, 0.717) is 40.9 Å². The predicted octanol–water partition coefficient (Wildman–Crippen LogP) is 2.07. The van der Waals surface area contributed by atoms with Crippen molar-refractivity contribution < 1.29 is 19.4 Å². The van der Waals surface area contributed by atoms with Gasteiger partial charge in [-0.1, -0.05) is 18.7 Å². The van der Waals surface area contributed by atoms with E-state index in [2.05, 4.69) is 32.1 Å². The number of fused-ring (bicyclic) bond motifs is 1. The maximum absolute atomic E-state index is 12.3. The zero-order valence-electron chi connectivity index (χ0n) is 23.5. The lowest BCUT2D eigenvalue weighted by Crippen LogP contribution is -2.45. The number of rotatable bonds is 12. The van der Waals surface area contributed by atoms with E-state index < -0.39 is 12.3 Å². The van der Waals surface area contributed by atoms with Gasteiger partial charge in [-0.05, 0) is 44.4 Å². The van der Waals surface area contributed by atoms with Gasteiger partial charge in [0.15, 0.2) is 0 Å². The predicted molar refractivity (Wildman–Crippen MR) is 160 cm³/mol. The number of nitrogens with one attached hydrogen (secondary N) is 2. The number of carbonyl (C=O) groups excluding carboxylic acids is 2. The third kappa shape index (κ3) is 6.48. The van der Waals surface area contributed by atoms with E-state index in [4.69, 9.17) is 10.5 Å². The fourth-order valence-electron chi connectivity index (χ4n) is 4.45. The van der Waals surface area contributed by atoms with Gasteiger partial charge in [0.2, 0.25) is 24.1 Å². The Kier molecular flexibility index (Phi) is 8.90. The number of aromatic nitrogens is 2. The third-order valence-electron chi connectivity index (χ3n) is 6.48. The molecule has 0 saturated carbocycles. The van der Waals surface area contributed by atoms with Crippen molar-refractivity contribution in [3.05, 3.63) is 61.3 Å². The van der Waals surface area contributed by atoms with Crippen molar-refractivity contribution in [2.75, 3.05) is 73.2 Å². The Morgan fingerprint density at radius 3 is 2.54 bits per heavy atom. The highest BCUT2D eigenvalue weighted by molar-refractivity contribution is 6.02. The van der Waals surface area contributed by atoms with Gasteiger partial charge in [0, 0.05) is 32.4 Å². The lowest BCUT2D eigenvalue weighted by molar-refractivity contribution is -0.117. The number of nitrogens with two attached hydrogens (primary N) is 1. The van der Waals surface area contributed by atoms with Crippen molar-refractivity contribution in [1.29, 1.82) is 0 Å². The van der Waals surface area contributed by atoms with Gasteiger partial charge in [0.05, 0.1) is 35.5 Å². The highest BCUT2D eigenvalue weighted by Gasteiger charge is 2.36. The van der Waals surface area contributed by atoms with Crippen LogP contribution >= 0.6 is 0 Å². The highest BCUT2D eigenvalue weighted by Crippen LogP contribution is 2.43. The molecule has 13 heteroatoms. The summed E-state index contributed by atoms with van der Waals surface area (Å²) < 4.78 is 5.68. The molecule has 0 aliphatic carbocycles. The summed E-state index contributed by atoms with van der Waals surface area (Å²) in [5.41, 5.74) is 8.53.